The summed E-state index contributed by atoms with van der Waals surface area (Å²) in [5, 5.41) is 16.3. The average Bonchev–Trinajstić information content (AvgIpc) is 3.11. The molecule has 2 fully saturated rings. The summed E-state index contributed by atoms with van der Waals surface area (Å²) in [6, 6.07) is 0.926. The van der Waals surface area contributed by atoms with E-state index in [9.17, 15) is 23.1 Å². The first-order chi connectivity index (χ1) is 12.2. The molecule has 0 spiro atoms. The number of alkyl halides is 3. The van der Waals surface area contributed by atoms with Crippen LogP contribution >= 0.6 is 12.4 Å². The van der Waals surface area contributed by atoms with Crippen molar-refractivity contribution >= 4 is 18.3 Å². The number of piperidine rings is 1. The third kappa shape index (κ3) is 4.75. The van der Waals surface area contributed by atoms with Gasteiger partial charge in [0.2, 0.25) is 11.5 Å². The van der Waals surface area contributed by atoms with E-state index in [1.54, 1.807) is 0 Å². The van der Waals surface area contributed by atoms with E-state index < -0.39 is 24.0 Å². The Balaban J connectivity index is 0.00000261. The number of nitrogens with one attached hydrogen (secondary N) is 2. The van der Waals surface area contributed by atoms with Crippen LogP contribution in [-0.4, -0.2) is 45.4 Å². The Morgan fingerprint density at radius 2 is 2.00 bits per heavy atom. The van der Waals surface area contributed by atoms with Crippen molar-refractivity contribution < 1.29 is 23.1 Å². The maximum atomic E-state index is 13.4. The molecule has 0 radical (unpaired) electrons. The largest absolute Gasteiger partial charge is 0.424 e. The highest BCUT2D eigenvalue weighted by atomic mass is 35.5. The fraction of sp³-hybridized carbons (Fsp3) is 0.765. The summed E-state index contributed by atoms with van der Waals surface area (Å²) >= 11 is 0. The molecule has 3 rings (SSSR count). The highest BCUT2D eigenvalue weighted by molar-refractivity contribution is 5.85. The van der Waals surface area contributed by atoms with E-state index in [1.165, 1.54) is 19.4 Å². The number of imidazole rings is 1. The maximum Gasteiger partial charge on any atom is 0.424 e. The van der Waals surface area contributed by atoms with E-state index >= 15 is 0 Å². The van der Waals surface area contributed by atoms with Crippen molar-refractivity contribution in [2.75, 3.05) is 6.54 Å². The van der Waals surface area contributed by atoms with Crippen LogP contribution in [0.1, 0.15) is 44.3 Å². The molecule has 3 unspecified atom stereocenters. The Hall–Kier alpha value is -1.32. The van der Waals surface area contributed by atoms with Gasteiger partial charge in [0.1, 0.15) is 5.82 Å². The Morgan fingerprint density at radius 3 is 2.52 bits per heavy atom. The van der Waals surface area contributed by atoms with Gasteiger partial charge in [-0.05, 0) is 31.6 Å². The fourth-order valence-corrected chi connectivity index (χ4v) is 4.20. The molecule has 154 valence electrons. The van der Waals surface area contributed by atoms with Gasteiger partial charge in [0.05, 0.1) is 0 Å². The minimum Gasteiger partial charge on any atom is -0.374 e. The van der Waals surface area contributed by atoms with Crippen LogP contribution in [0.3, 0.4) is 0 Å². The summed E-state index contributed by atoms with van der Waals surface area (Å²) in [6.07, 6.45) is 1.44. The van der Waals surface area contributed by atoms with Gasteiger partial charge in [-0.2, -0.15) is 13.2 Å². The van der Waals surface area contributed by atoms with E-state index in [2.05, 4.69) is 15.6 Å². The van der Waals surface area contributed by atoms with Crippen LogP contribution < -0.4 is 10.6 Å². The average molecular weight is 411 g/mol. The number of carbonyl (C=O) groups is 1. The molecule has 6 nitrogen and oxygen atoms in total. The smallest absolute Gasteiger partial charge is 0.374 e. The number of aliphatic hydroxyl groups is 1. The molecule has 27 heavy (non-hydrogen) atoms. The summed E-state index contributed by atoms with van der Waals surface area (Å²) in [5.74, 6) is -0.473. The lowest BCUT2D eigenvalue weighted by molar-refractivity contribution is -0.272. The molecule has 10 heteroatoms. The standard InChI is InChI=1S/C17H25F3N4O2.ClH/c1-24-7-6-22-15(24)16(26,17(18,19)20)4-5-21-14(25)10-11-8-12-2-3-13(9-11)23-12;/h6-7,11-13,23,26H,2-5,8-10H2,1H3,(H,21,25);1H. The van der Waals surface area contributed by atoms with E-state index in [-0.39, 0.29) is 30.8 Å². The Labute approximate surface area is 162 Å². The minimum atomic E-state index is -4.88. The van der Waals surface area contributed by atoms with Crippen molar-refractivity contribution in [1.82, 2.24) is 20.2 Å². The van der Waals surface area contributed by atoms with Crippen molar-refractivity contribution in [2.24, 2.45) is 13.0 Å². The molecule has 0 aromatic carbocycles. The highest BCUT2D eigenvalue weighted by Crippen LogP contribution is 2.40. The summed E-state index contributed by atoms with van der Waals surface area (Å²) in [6.45, 7) is -0.264. The van der Waals surface area contributed by atoms with Crippen LogP contribution in [0.2, 0.25) is 0 Å². The molecule has 1 aromatic heterocycles. The van der Waals surface area contributed by atoms with Crippen molar-refractivity contribution in [3.63, 3.8) is 0 Å². The fourth-order valence-electron chi connectivity index (χ4n) is 4.20. The second-order valence-corrected chi connectivity index (χ2v) is 7.50. The van der Waals surface area contributed by atoms with Crippen LogP contribution in [0.5, 0.6) is 0 Å². The zero-order valence-electron chi connectivity index (χ0n) is 15.1. The molecule has 1 aromatic rings. The third-order valence-corrected chi connectivity index (χ3v) is 5.51. The summed E-state index contributed by atoms with van der Waals surface area (Å²) in [5.41, 5.74) is -3.09. The number of carbonyl (C=O) groups excluding carboxylic acids is 1. The van der Waals surface area contributed by atoms with Gasteiger partial charge in [0.25, 0.3) is 0 Å². The van der Waals surface area contributed by atoms with E-state index in [1.807, 2.05) is 0 Å². The van der Waals surface area contributed by atoms with Crippen molar-refractivity contribution in [3.8, 4) is 0 Å². The number of rotatable bonds is 6. The number of nitrogens with zero attached hydrogens (tertiary/aromatic N) is 2. The van der Waals surface area contributed by atoms with Crippen LogP contribution in [0.25, 0.3) is 0 Å². The molecule has 2 bridgehead atoms. The summed E-state index contributed by atoms with van der Waals surface area (Å²) in [7, 11) is 1.39. The van der Waals surface area contributed by atoms with Gasteiger partial charge < -0.3 is 20.3 Å². The molecule has 0 saturated carbocycles. The van der Waals surface area contributed by atoms with Gasteiger partial charge in [-0.25, -0.2) is 4.98 Å². The van der Waals surface area contributed by atoms with Gasteiger partial charge in [-0.3, -0.25) is 4.79 Å². The first kappa shape index (κ1) is 22.0. The zero-order chi connectivity index (χ0) is 18.9. The lowest BCUT2D eigenvalue weighted by Crippen LogP contribution is -2.47. The predicted molar refractivity (Wildman–Crippen MR) is 95.3 cm³/mol. The number of aromatic nitrogens is 2. The Kier molecular flexibility index (Phi) is 6.81. The molecule has 3 heterocycles. The molecule has 0 aliphatic carbocycles. The van der Waals surface area contributed by atoms with Crippen molar-refractivity contribution in [1.29, 1.82) is 0 Å². The van der Waals surface area contributed by atoms with E-state index in [0.29, 0.717) is 18.5 Å². The number of fused-ring (bicyclic) bond motifs is 2. The Bertz CT molecular complexity index is 642. The highest BCUT2D eigenvalue weighted by Gasteiger charge is 2.57. The number of aryl methyl sites for hydroxylation is 1. The second kappa shape index (κ2) is 8.36. The molecule has 2 saturated heterocycles. The van der Waals surface area contributed by atoms with Crippen LogP contribution in [0.4, 0.5) is 13.2 Å². The summed E-state index contributed by atoms with van der Waals surface area (Å²) in [4.78, 5) is 15.8. The normalized spacial score (nSPS) is 26.9. The van der Waals surface area contributed by atoms with Crippen molar-refractivity contribution in [2.45, 2.75) is 62.4 Å². The topological polar surface area (TPSA) is 79.2 Å². The van der Waals surface area contributed by atoms with Crippen LogP contribution in [0, 0.1) is 5.92 Å². The van der Waals surface area contributed by atoms with Gasteiger partial charge in [-0.1, -0.05) is 0 Å². The van der Waals surface area contributed by atoms with Crippen LogP contribution in [0.15, 0.2) is 12.4 Å². The SMILES string of the molecule is Cl.Cn1ccnc1C(O)(CCNC(=O)CC1CC2CCC(C1)N2)C(F)(F)F. The summed E-state index contributed by atoms with van der Waals surface area (Å²) < 4.78 is 41.4. The molecular weight excluding hydrogens is 385 g/mol. The van der Waals surface area contributed by atoms with Gasteiger partial charge in [0.15, 0.2) is 0 Å². The molecule has 1 amide bonds. The number of hydrogen-bond acceptors (Lipinski definition) is 4. The molecular formula is C17H26ClF3N4O2. The third-order valence-electron chi connectivity index (χ3n) is 5.51. The van der Waals surface area contributed by atoms with E-state index in [0.717, 1.165) is 30.3 Å². The zero-order valence-corrected chi connectivity index (χ0v) is 15.9. The van der Waals surface area contributed by atoms with Gasteiger partial charge in [0, 0.05) is 50.9 Å². The van der Waals surface area contributed by atoms with E-state index in [4.69, 9.17) is 0 Å². The first-order valence-electron chi connectivity index (χ1n) is 8.98. The second-order valence-electron chi connectivity index (χ2n) is 7.50. The molecule has 3 atom stereocenters. The lowest BCUT2D eigenvalue weighted by Gasteiger charge is -2.30. The molecule has 2 aliphatic rings. The van der Waals surface area contributed by atoms with Gasteiger partial charge in [-0.15, -0.1) is 12.4 Å². The number of hydrogen-bond donors (Lipinski definition) is 3. The predicted octanol–water partition coefficient (Wildman–Crippen LogP) is 2.02. The number of halogens is 4. The molecule has 3 N–H and O–H groups in total. The lowest BCUT2D eigenvalue weighted by atomic mass is 9.89. The number of amides is 1. The monoisotopic (exact) mass is 410 g/mol. The van der Waals surface area contributed by atoms with Gasteiger partial charge >= 0.3 is 6.18 Å². The maximum absolute atomic E-state index is 13.4. The van der Waals surface area contributed by atoms with Crippen LogP contribution in [-0.2, 0) is 17.4 Å². The first-order valence-corrected chi connectivity index (χ1v) is 8.98. The molecule has 2 aliphatic heterocycles. The quantitative estimate of drug-likeness (QED) is 0.670. The van der Waals surface area contributed by atoms with Crippen molar-refractivity contribution in [3.05, 3.63) is 18.2 Å². The Morgan fingerprint density at radius 1 is 1.37 bits per heavy atom. The minimum absolute atomic E-state index is 0.